The Kier molecular flexibility index (Phi) is 3.30. The standard InChI is InChI=1S/C12H14N2O3/c1-8-5-14-12(17-8)7-13-6-9-2-3-10(15)11(16)4-9/h2-5,13,15-16H,6-7H2,1H3. The Labute approximate surface area is 98.7 Å². The van der Waals surface area contributed by atoms with Crippen molar-refractivity contribution in [2.75, 3.05) is 0 Å². The van der Waals surface area contributed by atoms with E-state index in [1.807, 2.05) is 6.92 Å². The molecule has 0 aliphatic rings. The van der Waals surface area contributed by atoms with Crippen molar-refractivity contribution < 1.29 is 14.6 Å². The van der Waals surface area contributed by atoms with Gasteiger partial charge < -0.3 is 19.9 Å². The first-order chi connectivity index (χ1) is 8.15. The fourth-order valence-corrected chi connectivity index (χ4v) is 1.48. The van der Waals surface area contributed by atoms with Crippen LogP contribution in [0.25, 0.3) is 0 Å². The Bertz CT molecular complexity index is 508. The number of nitrogens with one attached hydrogen (secondary N) is 1. The molecule has 90 valence electrons. The first kappa shape index (κ1) is 11.5. The summed E-state index contributed by atoms with van der Waals surface area (Å²) < 4.78 is 5.30. The summed E-state index contributed by atoms with van der Waals surface area (Å²) in [7, 11) is 0. The second kappa shape index (κ2) is 4.88. The molecule has 0 radical (unpaired) electrons. The first-order valence-corrected chi connectivity index (χ1v) is 5.28. The minimum atomic E-state index is -0.115. The molecule has 5 nitrogen and oxygen atoms in total. The van der Waals surface area contributed by atoms with Gasteiger partial charge in [0.1, 0.15) is 5.76 Å². The topological polar surface area (TPSA) is 78.5 Å². The molecule has 2 aromatic rings. The molecule has 0 saturated heterocycles. The zero-order valence-corrected chi connectivity index (χ0v) is 9.47. The maximum Gasteiger partial charge on any atom is 0.208 e. The molecule has 0 unspecified atom stereocenters. The van der Waals surface area contributed by atoms with Crippen LogP contribution in [0.5, 0.6) is 11.5 Å². The van der Waals surface area contributed by atoms with Crippen molar-refractivity contribution in [2.24, 2.45) is 0 Å². The number of phenols is 2. The molecule has 0 amide bonds. The predicted octanol–water partition coefficient (Wildman–Crippen LogP) is 1.68. The van der Waals surface area contributed by atoms with Gasteiger partial charge in [-0.05, 0) is 24.6 Å². The average Bonchev–Trinajstić information content (AvgIpc) is 2.70. The molecule has 0 saturated carbocycles. The van der Waals surface area contributed by atoms with Crippen molar-refractivity contribution in [1.29, 1.82) is 0 Å². The van der Waals surface area contributed by atoms with Crippen LogP contribution in [0, 0.1) is 6.92 Å². The molecular formula is C12H14N2O3. The number of hydrogen-bond acceptors (Lipinski definition) is 5. The molecule has 5 heteroatoms. The third-order valence-electron chi connectivity index (χ3n) is 2.31. The summed E-state index contributed by atoms with van der Waals surface area (Å²) in [5.41, 5.74) is 0.878. The number of aryl methyl sites for hydroxylation is 1. The largest absolute Gasteiger partial charge is 0.504 e. The zero-order valence-electron chi connectivity index (χ0n) is 9.47. The molecule has 0 bridgehead atoms. The SMILES string of the molecule is Cc1cnc(CNCc2ccc(O)c(O)c2)o1. The van der Waals surface area contributed by atoms with Gasteiger partial charge in [-0.15, -0.1) is 0 Å². The summed E-state index contributed by atoms with van der Waals surface area (Å²) in [5, 5.41) is 21.6. The molecule has 3 N–H and O–H groups in total. The highest BCUT2D eigenvalue weighted by Gasteiger charge is 2.02. The summed E-state index contributed by atoms with van der Waals surface area (Å²) in [6, 6.07) is 4.72. The first-order valence-electron chi connectivity index (χ1n) is 5.28. The van der Waals surface area contributed by atoms with Crippen molar-refractivity contribution in [2.45, 2.75) is 20.0 Å². The van der Waals surface area contributed by atoms with Crippen molar-refractivity contribution in [1.82, 2.24) is 10.3 Å². The summed E-state index contributed by atoms with van der Waals surface area (Å²) in [6.07, 6.45) is 1.67. The fourth-order valence-electron chi connectivity index (χ4n) is 1.48. The van der Waals surface area contributed by atoms with Gasteiger partial charge in [-0.3, -0.25) is 0 Å². The van der Waals surface area contributed by atoms with Gasteiger partial charge in [0.25, 0.3) is 0 Å². The van der Waals surface area contributed by atoms with Gasteiger partial charge in [0.05, 0.1) is 12.7 Å². The van der Waals surface area contributed by atoms with Crippen LogP contribution in [0.3, 0.4) is 0 Å². The Morgan fingerprint density at radius 1 is 1.24 bits per heavy atom. The van der Waals surface area contributed by atoms with Crippen LogP contribution in [-0.4, -0.2) is 15.2 Å². The fraction of sp³-hybridized carbons (Fsp3) is 0.250. The van der Waals surface area contributed by atoms with Gasteiger partial charge in [0.15, 0.2) is 11.5 Å². The molecule has 1 heterocycles. The van der Waals surface area contributed by atoms with E-state index in [2.05, 4.69) is 10.3 Å². The van der Waals surface area contributed by atoms with E-state index in [9.17, 15) is 5.11 Å². The van der Waals surface area contributed by atoms with Crippen LogP contribution in [0.1, 0.15) is 17.2 Å². The molecule has 0 aliphatic carbocycles. The maximum absolute atomic E-state index is 9.31. The Hall–Kier alpha value is -2.01. The van der Waals surface area contributed by atoms with Crippen LogP contribution in [0.4, 0.5) is 0 Å². The lowest BCUT2D eigenvalue weighted by molar-refractivity contribution is 0.402. The lowest BCUT2D eigenvalue weighted by atomic mass is 10.2. The minimum Gasteiger partial charge on any atom is -0.504 e. The van der Waals surface area contributed by atoms with E-state index in [0.29, 0.717) is 19.0 Å². The van der Waals surface area contributed by atoms with Crippen LogP contribution in [0.15, 0.2) is 28.8 Å². The molecular weight excluding hydrogens is 220 g/mol. The van der Waals surface area contributed by atoms with Crippen LogP contribution >= 0.6 is 0 Å². The molecule has 1 aromatic heterocycles. The van der Waals surface area contributed by atoms with Crippen LogP contribution < -0.4 is 5.32 Å². The van der Waals surface area contributed by atoms with Crippen molar-refractivity contribution in [3.05, 3.63) is 41.6 Å². The minimum absolute atomic E-state index is 0.114. The van der Waals surface area contributed by atoms with Gasteiger partial charge >= 0.3 is 0 Å². The third-order valence-corrected chi connectivity index (χ3v) is 2.31. The Morgan fingerprint density at radius 2 is 2.06 bits per heavy atom. The van der Waals surface area contributed by atoms with Crippen LogP contribution in [0.2, 0.25) is 0 Å². The number of aromatic hydroxyl groups is 2. The van der Waals surface area contributed by atoms with Crippen molar-refractivity contribution in [3.63, 3.8) is 0 Å². The highest BCUT2D eigenvalue weighted by Crippen LogP contribution is 2.24. The van der Waals surface area contributed by atoms with Crippen LogP contribution in [-0.2, 0) is 13.1 Å². The van der Waals surface area contributed by atoms with E-state index in [1.165, 1.54) is 12.1 Å². The van der Waals surface area contributed by atoms with E-state index in [4.69, 9.17) is 9.52 Å². The Balaban J connectivity index is 1.87. The number of nitrogens with zero attached hydrogens (tertiary/aromatic N) is 1. The van der Waals surface area contributed by atoms with E-state index in [-0.39, 0.29) is 11.5 Å². The highest BCUT2D eigenvalue weighted by molar-refractivity contribution is 5.40. The molecule has 1 aromatic carbocycles. The lowest BCUT2D eigenvalue weighted by Crippen LogP contribution is -2.12. The maximum atomic E-state index is 9.31. The van der Waals surface area contributed by atoms with E-state index in [1.54, 1.807) is 12.3 Å². The van der Waals surface area contributed by atoms with Gasteiger partial charge in [-0.25, -0.2) is 4.98 Å². The number of rotatable bonds is 4. The summed E-state index contributed by atoms with van der Waals surface area (Å²) >= 11 is 0. The van der Waals surface area contributed by atoms with Crippen molar-refractivity contribution in [3.8, 4) is 11.5 Å². The molecule has 0 aliphatic heterocycles. The molecule has 17 heavy (non-hydrogen) atoms. The molecule has 0 spiro atoms. The zero-order chi connectivity index (χ0) is 12.3. The normalized spacial score (nSPS) is 10.6. The number of phenolic OH excluding ortho intramolecular Hbond substituents is 2. The van der Waals surface area contributed by atoms with Crippen molar-refractivity contribution >= 4 is 0 Å². The number of benzene rings is 1. The van der Waals surface area contributed by atoms with Gasteiger partial charge in [0, 0.05) is 6.54 Å². The summed E-state index contributed by atoms with van der Waals surface area (Å²) in [5.74, 6) is 1.18. The number of aromatic nitrogens is 1. The van der Waals surface area contributed by atoms with Gasteiger partial charge in [-0.2, -0.15) is 0 Å². The highest BCUT2D eigenvalue weighted by atomic mass is 16.4. The Morgan fingerprint density at radius 3 is 2.71 bits per heavy atom. The molecule has 0 fully saturated rings. The van der Waals surface area contributed by atoms with E-state index >= 15 is 0 Å². The lowest BCUT2D eigenvalue weighted by Gasteiger charge is -2.04. The van der Waals surface area contributed by atoms with Gasteiger partial charge in [-0.1, -0.05) is 6.07 Å². The quantitative estimate of drug-likeness (QED) is 0.701. The number of hydrogen-bond donors (Lipinski definition) is 3. The summed E-state index contributed by atoms with van der Waals surface area (Å²) in [6.45, 7) is 2.93. The van der Waals surface area contributed by atoms with Gasteiger partial charge in [0.2, 0.25) is 5.89 Å². The monoisotopic (exact) mass is 234 g/mol. The van der Waals surface area contributed by atoms with E-state index in [0.717, 1.165) is 11.3 Å². The third kappa shape index (κ3) is 2.98. The smallest absolute Gasteiger partial charge is 0.208 e. The predicted molar refractivity (Wildman–Crippen MR) is 61.6 cm³/mol. The summed E-state index contributed by atoms with van der Waals surface area (Å²) in [4.78, 5) is 4.06. The molecule has 2 rings (SSSR count). The average molecular weight is 234 g/mol. The molecule has 0 atom stereocenters. The van der Waals surface area contributed by atoms with E-state index < -0.39 is 0 Å². The second-order valence-corrected chi connectivity index (χ2v) is 3.79. The number of oxazole rings is 1. The second-order valence-electron chi connectivity index (χ2n) is 3.79.